The van der Waals surface area contributed by atoms with Gasteiger partial charge in [0.05, 0.1) is 11.4 Å². The molecule has 1 fully saturated rings. The first kappa shape index (κ1) is 15.6. The van der Waals surface area contributed by atoms with Crippen LogP contribution >= 0.6 is 0 Å². The van der Waals surface area contributed by atoms with Gasteiger partial charge in [-0.05, 0) is 25.0 Å². The lowest BCUT2D eigenvalue weighted by molar-refractivity contribution is 0.0845. The first-order valence-corrected chi connectivity index (χ1v) is 7.79. The lowest BCUT2D eigenvalue weighted by Gasteiger charge is -2.20. The molecule has 1 aliphatic rings. The molecular weight excluding hydrogens is 292 g/mol. The number of carbonyl (C=O) groups excluding carboxylic acids is 1. The summed E-state index contributed by atoms with van der Waals surface area (Å²) < 4.78 is 7.04. The van der Waals surface area contributed by atoms with Gasteiger partial charge in [0.25, 0.3) is 0 Å². The maximum absolute atomic E-state index is 12.0. The van der Waals surface area contributed by atoms with E-state index in [4.69, 9.17) is 4.74 Å². The largest absolute Gasteiger partial charge is 0.381 e. The van der Waals surface area contributed by atoms with Crippen molar-refractivity contribution in [2.24, 2.45) is 17.3 Å². The maximum Gasteiger partial charge on any atom is 0.180 e. The summed E-state index contributed by atoms with van der Waals surface area (Å²) in [7, 11) is 1.78. The molecule has 0 atom stereocenters. The van der Waals surface area contributed by atoms with Crippen LogP contribution in [0.15, 0.2) is 40.6 Å². The Labute approximate surface area is 135 Å². The maximum atomic E-state index is 12.0. The number of aromatic nitrogens is 2. The van der Waals surface area contributed by atoms with E-state index in [1.165, 1.54) is 6.92 Å². The predicted octanol–water partition coefficient (Wildman–Crippen LogP) is 3.93. The predicted molar refractivity (Wildman–Crippen MR) is 86.6 cm³/mol. The molecule has 0 unspecified atom stereocenters. The van der Waals surface area contributed by atoms with Gasteiger partial charge in [-0.15, -0.1) is 5.11 Å². The number of Topliss-reactive ketones (excluding diaryl/α,β-unsaturated/α-hetero) is 1. The second kappa shape index (κ2) is 6.83. The van der Waals surface area contributed by atoms with Crippen LogP contribution in [0, 0.1) is 0 Å². The Bertz CT molecular complexity index is 716. The number of ketones is 1. The van der Waals surface area contributed by atoms with Gasteiger partial charge in [0.15, 0.2) is 5.78 Å². The number of ether oxygens (including phenoxy) is 1. The number of rotatable bonds is 4. The number of hydrogen-bond acceptors (Lipinski definition) is 5. The molecule has 0 bridgehead atoms. The van der Waals surface area contributed by atoms with Crippen molar-refractivity contribution in [2.45, 2.75) is 25.7 Å². The number of benzene rings is 1. The summed E-state index contributed by atoms with van der Waals surface area (Å²) in [6.07, 6.45) is 1.78. The number of nitrogens with zero attached hydrogens (tertiary/aromatic N) is 4. The van der Waals surface area contributed by atoms with E-state index in [-0.39, 0.29) is 11.7 Å². The van der Waals surface area contributed by atoms with E-state index >= 15 is 0 Å². The zero-order valence-corrected chi connectivity index (χ0v) is 13.4. The molecule has 0 radical (unpaired) electrons. The first-order chi connectivity index (χ1) is 11.2. The van der Waals surface area contributed by atoms with Gasteiger partial charge in [-0.1, -0.05) is 18.2 Å². The zero-order valence-electron chi connectivity index (χ0n) is 13.4. The van der Waals surface area contributed by atoms with E-state index in [9.17, 15) is 4.79 Å². The van der Waals surface area contributed by atoms with Crippen LogP contribution in [0.1, 0.15) is 41.9 Å². The number of azo groups is 1. The van der Waals surface area contributed by atoms with Gasteiger partial charge in [-0.2, -0.15) is 10.2 Å². The Morgan fingerprint density at radius 3 is 2.57 bits per heavy atom. The highest BCUT2D eigenvalue weighted by Gasteiger charge is 2.27. The molecule has 0 saturated carbocycles. The molecule has 6 heteroatoms. The van der Waals surface area contributed by atoms with Gasteiger partial charge < -0.3 is 4.74 Å². The van der Waals surface area contributed by atoms with Crippen LogP contribution in [0.5, 0.6) is 0 Å². The van der Waals surface area contributed by atoms with Crippen molar-refractivity contribution >= 4 is 17.2 Å². The minimum Gasteiger partial charge on any atom is -0.381 e. The van der Waals surface area contributed by atoms with Crippen LogP contribution in [0.3, 0.4) is 0 Å². The third kappa shape index (κ3) is 3.37. The molecule has 0 amide bonds. The van der Waals surface area contributed by atoms with E-state index in [1.807, 2.05) is 30.3 Å². The van der Waals surface area contributed by atoms with E-state index in [2.05, 4.69) is 15.3 Å². The first-order valence-electron chi connectivity index (χ1n) is 7.79. The van der Waals surface area contributed by atoms with Crippen LogP contribution in [0.2, 0.25) is 0 Å². The van der Waals surface area contributed by atoms with Crippen LogP contribution < -0.4 is 0 Å². The van der Waals surface area contributed by atoms with Crippen molar-refractivity contribution in [3.8, 4) is 0 Å². The van der Waals surface area contributed by atoms with Gasteiger partial charge >= 0.3 is 0 Å². The van der Waals surface area contributed by atoms with Crippen molar-refractivity contribution < 1.29 is 9.53 Å². The molecule has 120 valence electrons. The van der Waals surface area contributed by atoms with Crippen molar-refractivity contribution in [1.82, 2.24) is 9.78 Å². The second-order valence-electron chi connectivity index (χ2n) is 5.68. The fourth-order valence-corrected chi connectivity index (χ4v) is 2.88. The normalized spacial score (nSPS) is 16.1. The Morgan fingerprint density at radius 1 is 1.22 bits per heavy atom. The lowest BCUT2D eigenvalue weighted by atomic mass is 9.95. The number of carbonyl (C=O) groups is 1. The zero-order chi connectivity index (χ0) is 16.2. The highest BCUT2D eigenvalue weighted by molar-refractivity contribution is 5.97. The summed E-state index contributed by atoms with van der Waals surface area (Å²) in [4.78, 5) is 12.0. The minimum absolute atomic E-state index is 0.0553. The third-order valence-electron chi connectivity index (χ3n) is 4.01. The summed E-state index contributed by atoms with van der Waals surface area (Å²) in [6.45, 7) is 2.96. The average molecular weight is 312 g/mol. The van der Waals surface area contributed by atoms with Crippen molar-refractivity contribution in [3.63, 3.8) is 0 Å². The van der Waals surface area contributed by atoms with Crippen molar-refractivity contribution in [2.75, 3.05) is 13.2 Å². The van der Waals surface area contributed by atoms with E-state index < -0.39 is 0 Å². The minimum atomic E-state index is -0.0553. The molecule has 1 saturated heterocycles. The highest BCUT2D eigenvalue weighted by Crippen LogP contribution is 2.36. The average Bonchev–Trinajstić information content (AvgIpc) is 2.91. The molecular formula is C17H20N4O2. The van der Waals surface area contributed by atoms with Gasteiger partial charge in [0.1, 0.15) is 11.4 Å². The SMILES string of the molecule is CC(=O)c1c(N=Nc2ccccc2)c(C2CCOCC2)nn1C. The Morgan fingerprint density at radius 2 is 1.91 bits per heavy atom. The number of aryl methyl sites for hydroxylation is 1. The molecule has 1 aromatic heterocycles. The molecule has 0 N–H and O–H groups in total. The Balaban J connectivity index is 2.01. The summed E-state index contributed by atoms with van der Waals surface area (Å²) in [5.41, 5.74) is 2.70. The summed E-state index contributed by atoms with van der Waals surface area (Å²) >= 11 is 0. The van der Waals surface area contributed by atoms with Gasteiger partial charge in [0.2, 0.25) is 0 Å². The van der Waals surface area contributed by atoms with Crippen LogP contribution in [-0.2, 0) is 11.8 Å². The highest BCUT2D eigenvalue weighted by atomic mass is 16.5. The van der Waals surface area contributed by atoms with Crippen molar-refractivity contribution in [3.05, 3.63) is 41.7 Å². The molecule has 0 spiro atoms. The fraction of sp³-hybridized carbons (Fsp3) is 0.412. The van der Waals surface area contributed by atoms with E-state index in [0.29, 0.717) is 24.6 Å². The lowest BCUT2D eigenvalue weighted by Crippen LogP contribution is -2.14. The summed E-state index contributed by atoms with van der Waals surface area (Å²) in [6, 6.07) is 9.49. The molecule has 6 nitrogen and oxygen atoms in total. The third-order valence-corrected chi connectivity index (χ3v) is 4.01. The molecule has 2 aromatic rings. The van der Waals surface area contributed by atoms with Crippen LogP contribution in [0.25, 0.3) is 0 Å². The van der Waals surface area contributed by atoms with Crippen LogP contribution in [-0.4, -0.2) is 28.8 Å². The van der Waals surface area contributed by atoms with Gasteiger partial charge in [0, 0.05) is 33.1 Å². The van der Waals surface area contributed by atoms with Crippen LogP contribution in [0.4, 0.5) is 11.4 Å². The fourth-order valence-electron chi connectivity index (χ4n) is 2.88. The molecule has 0 aliphatic carbocycles. The van der Waals surface area contributed by atoms with Crippen molar-refractivity contribution in [1.29, 1.82) is 0 Å². The number of hydrogen-bond donors (Lipinski definition) is 0. The van der Waals surface area contributed by atoms with Gasteiger partial charge in [-0.25, -0.2) is 0 Å². The van der Waals surface area contributed by atoms with E-state index in [0.717, 1.165) is 24.2 Å². The summed E-state index contributed by atoms with van der Waals surface area (Å²) in [5, 5.41) is 13.2. The Kier molecular flexibility index (Phi) is 4.62. The molecule has 2 heterocycles. The molecule has 3 rings (SSSR count). The Hall–Kier alpha value is -2.34. The monoisotopic (exact) mass is 312 g/mol. The smallest absolute Gasteiger partial charge is 0.180 e. The quantitative estimate of drug-likeness (QED) is 0.634. The van der Waals surface area contributed by atoms with E-state index in [1.54, 1.807) is 11.7 Å². The molecule has 1 aliphatic heterocycles. The molecule has 1 aromatic carbocycles. The topological polar surface area (TPSA) is 68.8 Å². The summed E-state index contributed by atoms with van der Waals surface area (Å²) in [5.74, 6) is 0.202. The standard InChI is InChI=1S/C17H20N4O2/c1-12(22)17-16(19-18-14-6-4-3-5-7-14)15(20-21(17)2)13-8-10-23-11-9-13/h3-7,13H,8-11H2,1-2H3. The molecule has 23 heavy (non-hydrogen) atoms. The van der Waals surface area contributed by atoms with Gasteiger partial charge in [-0.3, -0.25) is 9.48 Å². The second-order valence-corrected chi connectivity index (χ2v) is 5.68.